The highest BCUT2D eigenvalue weighted by Gasteiger charge is 2.27. The number of hydrogen-bond acceptors (Lipinski definition) is 2. The van der Waals surface area contributed by atoms with E-state index in [1.165, 1.54) is 32.5 Å². The third-order valence-electron chi connectivity index (χ3n) is 2.60. The molecule has 2 heteroatoms. The summed E-state index contributed by atoms with van der Waals surface area (Å²) in [4.78, 5) is 2.50. The van der Waals surface area contributed by atoms with Crippen LogP contribution in [0.5, 0.6) is 0 Å². The Kier molecular flexibility index (Phi) is 4.02. The molecule has 0 unspecified atom stereocenters. The molecule has 1 saturated heterocycles. The van der Waals surface area contributed by atoms with E-state index in [0.717, 1.165) is 12.1 Å². The van der Waals surface area contributed by atoms with Gasteiger partial charge in [-0.1, -0.05) is 13.3 Å². The molecule has 72 valence electrons. The van der Waals surface area contributed by atoms with Crippen LogP contribution in [0.2, 0.25) is 0 Å². The predicted octanol–water partition coefficient (Wildman–Crippen LogP) is 1.47. The summed E-state index contributed by atoms with van der Waals surface area (Å²) in [7, 11) is 0. The summed E-state index contributed by atoms with van der Waals surface area (Å²) >= 11 is 0. The summed E-state index contributed by atoms with van der Waals surface area (Å²) in [5.41, 5.74) is 0. The van der Waals surface area contributed by atoms with E-state index in [1.54, 1.807) is 0 Å². The number of unbranched alkanes of at least 4 members (excludes halogenated alkanes) is 1. The minimum Gasteiger partial charge on any atom is -0.311 e. The first-order valence-corrected chi connectivity index (χ1v) is 5.21. The van der Waals surface area contributed by atoms with Gasteiger partial charge in [0, 0.05) is 25.2 Å². The lowest BCUT2D eigenvalue weighted by atomic mass is 10.1. The van der Waals surface area contributed by atoms with E-state index >= 15 is 0 Å². The van der Waals surface area contributed by atoms with Gasteiger partial charge in [0.15, 0.2) is 0 Å². The Balaban J connectivity index is 1.95. The van der Waals surface area contributed by atoms with Gasteiger partial charge in [-0.2, -0.15) is 0 Å². The fourth-order valence-electron chi connectivity index (χ4n) is 1.55. The van der Waals surface area contributed by atoms with E-state index in [4.69, 9.17) is 0 Å². The second kappa shape index (κ2) is 4.83. The van der Waals surface area contributed by atoms with Crippen molar-refractivity contribution in [3.8, 4) is 0 Å². The van der Waals surface area contributed by atoms with E-state index in [2.05, 4.69) is 31.0 Å². The summed E-state index contributed by atoms with van der Waals surface area (Å²) in [6, 6.07) is 1.51. The molecule has 0 radical (unpaired) electrons. The van der Waals surface area contributed by atoms with Crippen LogP contribution < -0.4 is 5.32 Å². The van der Waals surface area contributed by atoms with Gasteiger partial charge in [0.2, 0.25) is 0 Å². The van der Waals surface area contributed by atoms with Crippen LogP contribution in [-0.4, -0.2) is 36.6 Å². The lowest BCUT2D eigenvalue weighted by molar-refractivity contribution is 0.0922. The second-order valence-electron chi connectivity index (χ2n) is 4.05. The number of hydrogen-bond donors (Lipinski definition) is 1. The fourth-order valence-corrected chi connectivity index (χ4v) is 1.55. The average Bonchev–Trinajstić information content (AvgIpc) is 1.93. The van der Waals surface area contributed by atoms with Crippen LogP contribution in [0.25, 0.3) is 0 Å². The first-order chi connectivity index (χ1) is 5.74. The average molecular weight is 170 g/mol. The van der Waals surface area contributed by atoms with Crippen LogP contribution in [0, 0.1) is 0 Å². The van der Waals surface area contributed by atoms with E-state index < -0.39 is 0 Å². The first-order valence-electron chi connectivity index (χ1n) is 5.21. The Hall–Kier alpha value is -0.0800. The highest BCUT2D eigenvalue weighted by Crippen LogP contribution is 2.11. The fraction of sp³-hybridized carbons (Fsp3) is 1.00. The number of rotatable bonds is 5. The molecule has 0 aromatic heterocycles. The maximum Gasteiger partial charge on any atom is 0.0322 e. The first kappa shape index (κ1) is 10.0. The van der Waals surface area contributed by atoms with Crippen molar-refractivity contribution in [2.24, 2.45) is 0 Å². The van der Waals surface area contributed by atoms with Crippen molar-refractivity contribution in [2.45, 2.75) is 45.7 Å². The highest BCUT2D eigenvalue weighted by molar-refractivity contribution is 4.87. The standard InChI is InChI=1S/C10H22N2/c1-4-5-6-11-10-7-12(8-10)9(2)3/h9-11H,4-8H2,1-3H3. The minimum atomic E-state index is 0.731. The molecular weight excluding hydrogens is 148 g/mol. The molecule has 1 heterocycles. The monoisotopic (exact) mass is 170 g/mol. The Morgan fingerprint density at radius 3 is 2.58 bits per heavy atom. The van der Waals surface area contributed by atoms with Gasteiger partial charge in [0.1, 0.15) is 0 Å². The third-order valence-corrected chi connectivity index (χ3v) is 2.60. The highest BCUT2D eigenvalue weighted by atomic mass is 15.3. The van der Waals surface area contributed by atoms with E-state index in [0.29, 0.717) is 0 Å². The maximum absolute atomic E-state index is 3.56. The molecule has 0 amide bonds. The molecule has 1 fully saturated rings. The summed E-state index contributed by atoms with van der Waals surface area (Å²) in [6.45, 7) is 10.5. The van der Waals surface area contributed by atoms with Gasteiger partial charge in [-0.15, -0.1) is 0 Å². The van der Waals surface area contributed by atoms with E-state index in [1.807, 2.05) is 0 Å². The molecule has 0 spiro atoms. The van der Waals surface area contributed by atoms with Gasteiger partial charge in [-0.25, -0.2) is 0 Å². The SMILES string of the molecule is CCCCNC1CN(C(C)C)C1. The van der Waals surface area contributed by atoms with Gasteiger partial charge >= 0.3 is 0 Å². The molecule has 1 aliphatic heterocycles. The summed E-state index contributed by atoms with van der Waals surface area (Å²) in [5, 5.41) is 3.56. The van der Waals surface area contributed by atoms with Crippen molar-refractivity contribution < 1.29 is 0 Å². The van der Waals surface area contributed by atoms with Crippen LogP contribution in [0.1, 0.15) is 33.6 Å². The summed E-state index contributed by atoms with van der Waals surface area (Å²) in [5.74, 6) is 0. The van der Waals surface area contributed by atoms with Gasteiger partial charge < -0.3 is 5.32 Å². The molecule has 0 bridgehead atoms. The molecule has 0 aromatic rings. The Labute approximate surface area is 76.3 Å². The Bertz CT molecular complexity index is 117. The largest absolute Gasteiger partial charge is 0.311 e. The van der Waals surface area contributed by atoms with Gasteiger partial charge in [-0.3, -0.25) is 4.90 Å². The van der Waals surface area contributed by atoms with Crippen molar-refractivity contribution in [1.82, 2.24) is 10.2 Å². The molecule has 1 rings (SSSR count). The zero-order chi connectivity index (χ0) is 8.97. The third kappa shape index (κ3) is 2.76. The lowest BCUT2D eigenvalue weighted by Crippen LogP contribution is -2.60. The van der Waals surface area contributed by atoms with Crippen molar-refractivity contribution >= 4 is 0 Å². The molecular formula is C10H22N2. The summed E-state index contributed by atoms with van der Waals surface area (Å²) < 4.78 is 0. The quantitative estimate of drug-likeness (QED) is 0.629. The molecule has 1 N–H and O–H groups in total. The number of nitrogens with zero attached hydrogens (tertiary/aromatic N) is 1. The second-order valence-corrected chi connectivity index (χ2v) is 4.05. The Morgan fingerprint density at radius 1 is 1.42 bits per heavy atom. The van der Waals surface area contributed by atoms with Crippen molar-refractivity contribution in [1.29, 1.82) is 0 Å². The van der Waals surface area contributed by atoms with Crippen LogP contribution in [0.3, 0.4) is 0 Å². The maximum atomic E-state index is 3.56. The summed E-state index contributed by atoms with van der Waals surface area (Å²) in [6.07, 6.45) is 2.62. The molecule has 0 atom stereocenters. The lowest BCUT2D eigenvalue weighted by Gasteiger charge is -2.42. The van der Waals surface area contributed by atoms with Crippen LogP contribution in [0.4, 0.5) is 0 Å². The Morgan fingerprint density at radius 2 is 2.08 bits per heavy atom. The smallest absolute Gasteiger partial charge is 0.0322 e. The van der Waals surface area contributed by atoms with Crippen LogP contribution in [0.15, 0.2) is 0 Å². The minimum absolute atomic E-state index is 0.731. The molecule has 2 nitrogen and oxygen atoms in total. The number of nitrogens with one attached hydrogen (secondary N) is 1. The van der Waals surface area contributed by atoms with Gasteiger partial charge in [0.25, 0.3) is 0 Å². The normalized spacial score (nSPS) is 20.0. The topological polar surface area (TPSA) is 15.3 Å². The van der Waals surface area contributed by atoms with Crippen molar-refractivity contribution in [3.05, 3.63) is 0 Å². The number of likely N-dealkylation sites (tertiary alicyclic amines) is 1. The van der Waals surface area contributed by atoms with Gasteiger partial charge in [0.05, 0.1) is 0 Å². The molecule has 1 aliphatic rings. The molecule has 0 saturated carbocycles. The molecule has 0 aromatic carbocycles. The van der Waals surface area contributed by atoms with E-state index in [9.17, 15) is 0 Å². The van der Waals surface area contributed by atoms with E-state index in [-0.39, 0.29) is 0 Å². The van der Waals surface area contributed by atoms with Crippen molar-refractivity contribution in [2.75, 3.05) is 19.6 Å². The molecule has 0 aliphatic carbocycles. The van der Waals surface area contributed by atoms with Crippen molar-refractivity contribution in [3.63, 3.8) is 0 Å². The van der Waals surface area contributed by atoms with Gasteiger partial charge in [-0.05, 0) is 26.8 Å². The zero-order valence-electron chi connectivity index (χ0n) is 8.64. The van der Waals surface area contributed by atoms with Crippen LogP contribution >= 0.6 is 0 Å². The van der Waals surface area contributed by atoms with Crippen LogP contribution in [-0.2, 0) is 0 Å². The predicted molar refractivity (Wildman–Crippen MR) is 53.4 cm³/mol. The zero-order valence-corrected chi connectivity index (χ0v) is 8.64. The molecule has 12 heavy (non-hydrogen) atoms.